The third-order valence-corrected chi connectivity index (χ3v) is 4.62. The Morgan fingerprint density at radius 2 is 2.24 bits per heavy atom. The van der Waals surface area contributed by atoms with E-state index < -0.39 is 0 Å². The van der Waals surface area contributed by atoms with Crippen LogP contribution in [0.5, 0.6) is 0 Å². The predicted octanol–water partition coefficient (Wildman–Crippen LogP) is 3.74. The molecule has 0 spiro atoms. The van der Waals surface area contributed by atoms with Gasteiger partial charge in [0, 0.05) is 39.8 Å². The lowest BCUT2D eigenvalue weighted by Gasteiger charge is -2.31. The van der Waals surface area contributed by atoms with Gasteiger partial charge < -0.3 is 10.0 Å². The number of thiophene rings is 1. The summed E-state index contributed by atoms with van der Waals surface area (Å²) in [6.45, 7) is 6.49. The molecule has 0 amide bonds. The van der Waals surface area contributed by atoms with E-state index in [1.54, 1.807) is 11.3 Å². The molecule has 1 aromatic rings. The van der Waals surface area contributed by atoms with Crippen LogP contribution in [0.2, 0.25) is 0 Å². The van der Waals surface area contributed by atoms with Gasteiger partial charge in [-0.15, -0.1) is 11.3 Å². The predicted molar refractivity (Wildman–Crippen MR) is 78.5 cm³/mol. The summed E-state index contributed by atoms with van der Waals surface area (Å²) < 4.78 is 1.16. The normalized spacial score (nSPS) is 15.2. The van der Waals surface area contributed by atoms with Crippen LogP contribution >= 0.6 is 27.3 Å². The Labute approximate surface area is 117 Å². The molecule has 0 saturated carbocycles. The van der Waals surface area contributed by atoms with Crippen molar-refractivity contribution in [2.75, 3.05) is 20.2 Å². The topological polar surface area (TPSA) is 23.5 Å². The largest absolute Gasteiger partial charge is 0.396 e. The highest BCUT2D eigenvalue weighted by molar-refractivity contribution is 9.10. The number of hydrogen-bond acceptors (Lipinski definition) is 3. The Kier molecular flexibility index (Phi) is 6.13. The number of halogens is 1. The number of aliphatic hydroxyl groups is 1. The van der Waals surface area contributed by atoms with Crippen LogP contribution in [0.15, 0.2) is 15.9 Å². The molecular formula is C13H22BrNOS. The smallest absolute Gasteiger partial charge is 0.0497 e. The van der Waals surface area contributed by atoms with Gasteiger partial charge in [0.15, 0.2) is 0 Å². The molecule has 0 aliphatic carbocycles. The van der Waals surface area contributed by atoms with E-state index in [4.69, 9.17) is 0 Å². The van der Waals surface area contributed by atoms with Gasteiger partial charge >= 0.3 is 0 Å². The van der Waals surface area contributed by atoms with Crippen molar-refractivity contribution in [2.24, 2.45) is 5.41 Å². The van der Waals surface area contributed by atoms with Crippen LogP contribution in [0.3, 0.4) is 0 Å². The van der Waals surface area contributed by atoms with Gasteiger partial charge in [0.1, 0.15) is 0 Å². The summed E-state index contributed by atoms with van der Waals surface area (Å²) in [6, 6.07) is 2.16. The molecule has 2 nitrogen and oxygen atoms in total. The summed E-state index contributed by atoms with van der Waals surface area (Å²) in [5.74, 6) is 0. The molecule has 4 heteroatoms. The van der Waals surface area contributed by atoms with Gasteiger partial charge in [-0.05, 0) is 35.5 Å². The molecule has 1 unspecified atom stereocenters. The van der Waals surface area contributed by atoms with Crippen molar-refractivity contribution in [2.45, 2.75) is 33.2 Å². The fourth-order valence-corrected chi connectivity index (χ4v) is 3.75. The highest BCUT2D eigenvalue weighted by atomic mass is 79.9. The van der Waals surface area contributed by atoms with Crippen molar-refractivity contribution in [3.8, 4) is 0 Å². The molecular weight excluding hydrogens is 298 g/mol. The monoisotopic (exact) mass is 319 g/mol. The van der Waals surface area contributed by atoms with E-state index in [-0.39, 0.29) is 12.0 Å². The summed E-state index contributed by atoms with van der Waals surface area (Å²) in [7, 11) is 2.12. The van der Waals surface area contributed by atoms with E-state index in [1.807, 2.05) is 0 Å². The molecule has 1 heterocycles. The molecule has 0 bridgehead atoms. The molecule has 0 fully saturated rings. The van der Waals surface area contributed by atoms with Crippen molar-refractivity contribution >= 4 is 27.3 Å². The lowest BCUT2D eigenvalue weighted by Crippen LogP contribution is -2.35. The number of aliphatic hydroxyl groups excluding tert-OH is 1. The maximum Gasteiger partial charge on any atom is 0.0497 e. The first kappa shape index (κ1) is 15.2. The van der Waals surface area contributed by atoms with Crippen molar-refractivity contribution in [1.29, 1.82) is 0 Å². The van der Waals surface area contributed by atoms with Crippen molar-refractivity contribution < 1.29 is 5.11 Å². The third kappa shape index (κ3) is 5.08. The maximum absolute atomic E-state index is 9.50. The Morgan fingerprint density at radius 3 is 2.71 bits per heavy atom. The minimum Gasteiger partial charge on any atom is -0.396 e. The van der Waals surface area contributed by atoms with Gasteiger partial charge in [0.05, 0.1) is 0 Å². The zero-order valence-electron chi connectivity index (χ0n) is 10.9. The Balaban J connectivity index is 2.50. The van der Waals surface area contributed by atoms with E-state index in [0.717, 1.165) is 30.4 Å². The molecule has 1 aromatic heterocycles. The summed E-state index contributed by atoms with van der Waals surface area (Å²) >= 11 is 5.25. The second kappa shape index (κ2) is 6.88. The molecule has 1 atom stereocenters. The first-order chi connectivity index (χ1) is 7.99. The van der Waals surface area contributed by atoms with E-state index >= 15 is 0 Å². The molecule has 17 heavy (non-hydrogen) atoms. The fourth-order valence-electron chi connectivity index (χ4n) is 2.22. The highest BCUT2D eigenvalue weighted by Gasteiger charge is 2.24. The average molecular weight is 320 g/mol. The second-order valence-electron chi connectivity index (χ2n) is 5.12. The van der Waals surface area contributed by atoms with Gasteiger partial charge in [0.25, 0.3) is 0 Å². The van der Waals surface area contributed by atoms with Gasteiger partial charge in [-0.25, -0.2) is 0 Å². The average Bonchev–Trinajstić information content (AvgIpc) is 2.64. The van der Waals surface area contributed by atoms with Crippen LogP contribution in [0.1, 0.15) is 31.6 Å². The Morgan fingerprint density at radius 1 is 1.53 bits per heavy atom. The van der Waals surface area contributed by atoms with Crippen LogP contribution in [0.25, 0.3) is 0 Å². The lowest BCUT2D eigenvalue weighted by atomic mass is 9.86. The summed E-state index contributed by atoms with van der Waals surface area (Å²) in [5.41, 5.74) is 0.0258. The van der Waals surface area contributed by atoms with Gasteiger partial charge in [-0.2, -0.15) is 0 Å². The number of rotatable bonds is 7. The molecule has 0 aliphatic rings. The molecule has 0 aromatic carbocycles. The van der Waals surface area contributed by atoms with Crippen molar-refractivity contribution in [1.82, 2.24) is 4.90 Å². The zero-order valence-corrected chi connectivity index (χ0v) is 13.3. The molecule has 1 rings (SSSR count). The molecule has 1 N–H and O–H groups in total. The van der Waals surface area contributed by atoms with Crippen molar-refractivity contribution in [3.05, 3.63) is 20.8 Å². The van der Waals surface area contributed by atoms with Crippen LogP contribution in [-0.4, -0.2) is 30.2 Å². The molecule has 98 valence electrons. The van der Waals surface area contributed by atoms with Crippen molar-refractivity contribution in [3.63, 3.8) is 0 Å². The van der Waals surface area contributed by atoms with E-state index in [0.29, 0.717) is 0 Å². The Bertz CT molecular complexity index is 342. The summed E-state index contributed by atoms with van der Waals surface area (Å²) in [6.07, 6.45) is 2.19. The van der Waals surface area contributed by atoms with Crippen LogP contribution in [-0.2, 0) is 6.54 Å². The first-order valence-electron chi connectivity index (χ1n) is 6.01. The standard InChI is InChI=1S/C13H22BrNOS/c1-4-5-13(2,10-16)9-15(3)7-12-6-11(14)8-17-12/h6,8,16H,4-5,7,9-10H2,1-3H3. The van der Waals surface area contributed by atoms with Crippen LogP contribution in [0, 0.1) is 5.41 Å². The van der Waals surface area contributed by atoms with E-state index in [1.165, 1.54) is 4.88 Å². The molecule has 0 saturated heterocycles. The summed E-state index contributed by atoms with van der Waals surface area (Å²) in [4.78, 5) is 3.65. The minimum atomic E-state index is 0.0258. The van der Waals surface area contributed by atoms with E-state index in [9.17, 15) is 5.11 Å². The van der Waals surface area contributed by atoms with Gasteiger partial charge in [-0.1, -0.05) is 20.3 Å². The molecule has 0 radical (unpaired) electrons. The van der Waals surface area contributed by atoms with Crippen LogP contribution < -0.4 is 0 Å². The second-order valence-corrected chi connectivity index (χ2v) is 7.03. The van der Waals surface area contributed by atoms with Gasteiger partial charge in [0.2, 0.25) is 0 Å². The fraction of sp³-hybridized carbons (Fsp3) is 0.692. The van der Waals surface area contributed by atoms with E-state index in [2.05, 4.69) is 53.2 Å². The first-order valence-corrected chi connectivity index (χ1v) is 7.68. The number of nitrogens with zero attached hydrogens (tertiary/aromatic N) is 1. The minimum absolute atomic E-state index is 0.0258. The van der Waals surface area contributed by atoms with Gasteiger partial charge in [-0.3, -0.25) is 0 Å². The number of hydrogen-bond donors (Lipinski definition) is 1. The zero-order chi connectivity index (χ0) is 12.9. The quantitative estimate of drug-likeness (QED) is 0.827. The Hall–Kier alpha value is 0.1000. The summed E-state index contributed by atoms with van der Waals surface area (Å²) in [5, 5.41) is 11.6. The SMILES string of the molecule is CCCC(C)(CO)CN(C)Cc1cc(Br)cs1. The maximum atomic E-state index is 9.50. The highest BCUT2D eigenvalue weighted by Crippen LogP contribution is 2.26. The lowest BCUT2D eigenvalue weighted by molar-refractivity contribution is 0.0882. The third-order valence-electron chi connectivity index (χ3n) is 2.93. The van der Waals surface area contributed by atoms with Crippen LogP contribution in [0.4, 0.5) is 0 Å². The molecule has 0 aliphatic heterocycles.